The molecule has 4 aromatic rings. The van der Waals surface area contributed by atoms with Crippen LogP contribution in [0.2, 0.25) is 0 Å². The molecule has 0 aliphatic heterocycles. The number of nitrogens with zero attached hydrogens (tertiary/aromatic N) is 3. The van der Waals surface area contributed by atoms with Gasteiger partial charge < -0.3 is 5.73 Å². The van der Waals surface area contributed by atoms with Gasteiger partial charge in [0.15, 0.2) is 5.82 Å². The Labute approximate surface area is 145 Å². The Kier molecular flexibility index (Phi) is 3.42. The summed E-state index contributed by atoms with van der Waals surface area (Å²) in [5.41, 5.74) is 8.37. The first-order valence-electron chi connectivity index (χ1n) is 7.23. The molecule has 0 bridgehead atoms. The highest BCUT2D eigenvalue weighted by Gasteiger charge is 2.19. The molecular weight excluding hydrogens is 370 g/mol. The summed E-state index contributed by atoms with van der Waals surface area (Å²) in [4.78, 5) is 12.4. The molecule has 118 valence electrons. The maximum atomic E-state index is 12.4. The van der Waals surface area contributed by atoms with Gasteiger partial charge in [0.05, 0.1) is 16.8 Å². The van der Waals surface area contributed by atoms with Gasteiger partial charge in [0, 0.05) is 10.0 Å². The molecule has 3 N–H and O–H groups in total. The Morgan fingerprint density at radius 2 is 1.75 bits per heavy atom. The number of aromatic nitrogens is 4. The maximum Gasteiger partial charge on any atom is 0.276 e. The summed E-state index contributed by atoms with van der Waals surface area (Å²) >= 11 is 3.43. The van der Waals surface area contributed by atoms with Crippen LogP contribution in [0.15, 0.2) is 63.9 Å². The first-order valence-corrected chi connectivity index (χ1v) is 8.02. The number of fused-ring (bicyclic) bond motifs is 1. The van der Waals surface area contributed by atoms with Gasteiger partial charge in [-0.05, 0) is 24.3 Å². The topological polar surface area (TPSA) is 89.6 Å². The number of nitrogens with one attached hydrogen (secondary N) is 1. The highest BCUT2D eigenvalue weighted by atomic mass is 79.9. The minimum atomic E-state index is -0.320. The van der Waals surface area contributed by atoms with E-state index in [-0.39, 0.29) is 11.4 Å². The quantitative estimate of drug-likeness (QED) is 0.558. The van der Waals surface area contributed by atoms with E-state index in [4.69, 9.17) is 5.73 Å². The Morgan fingerprint density at radius 3 is 2.46 bits per heavy atom. The predicted octanol–water partition coefficient (Wildman–Crippen LogP) is 3.12. The smallest absolute Gasteiger partial charge is 0.276 e. The summed E-state index contributed by atoms with van der Waals surface area (Å²) in [6.07, 6.45) is 0. The molecule has 0 amide bonds. The number of hydrogen-bond donors (Lipinski definition) is 2. The number of benzene rings is 2. The van der Waals surface area contributed by atoms with Crippen molar-refractivity contribution in [2.24, 2.45) is 0 Å². The van der Waals surface area contributed by atoms with Crippen LogP contribution in [0.4, 0.5) is 5.82 Å². The van der Waals surface area contributed by atoms with Gasteiger partial charge in [0.25, 0.3) is 5.56 Å². The fourth-order valence-electron chi connectivity index (χ4n) is 2.66. The number of anilines is 1. The highest BCUT2D eigenvalue weighted by molar-refractivity contribution is 9.10. The third kappa shape index (κ3) is 2.30. The highest BCUT2D eigenvalue weighted by Crippen LogP contribution is 2.31. The minimum absolute atomic E-state index is 0.192. The largest absolute Gasteiger partial charge is 0.380 e. The molecule has 24 heavy (non-hydrogen) atoms. The Balaban J connectivity index is 2.14. The van der Waals surface area contributed by atoms with Crippen LogP contribution in [0.1, 0.15) is 0 Å². The zero-order valence-corrected chi connectivity index (χ0v) is 14.0. The van der Waals surface area contributed by atoms with Crippen LogP contribution in [-0.2, 0) is 0 Å². The summed E-state index contributed by atoms with van der Waals surface area (Å²) in [5, 5.41) is 11.2. The van der Waals surface area contributed by atoms with Crippen LogP contribution in [0.3, 0.4) is 0 Å². The van der Waals surface area contributed by atoms with E-state index in [9.17, 15) is 4.79 Å². The second kappa shape index (κ2) is 5.61. The van der Waals surface area contributed by atoms with Crippen LogP contribution in [0.5, 0.6) is 0 Å². The van der Waals surface area contributed by atoms with E-state index in [1.165, 1.54) is 0 Å². The molecule has 6 nitrogen and oxygen atoms in total. The number of nitrogen functional groups attached to an aromatic ring is 1. The number of nitrogens with two attached hydrogens (primary N) is 1. The second-order valence-corrected chi connectivity index (χ2v) is 6.18. The number of para-hydroxylation sites is 1. The number of H-pyrrole nitrogens is 1. The zero-order valence-electron chi connectivity index (χ0n) is 12.4. The predicted molar refractivity (Wildman–Crippen MR) is 97.0 cm³/mol. The summed E-state index contributed by atoms with van der Waals surface area (Å²) in [6.45, 7) is 0. The van der Waals surface area contributed by atoms with Gasteiger partial charge in [-0.1, -0.05) is 46.3 Å². The summed E-state index contributed by atoms with van der Waals surface area (Å²) in [7, 11) is 0. The van der Waals surface area contributed by atoms with Crippen molar-refractivity contribution < 1.29 is 0 Å². The summed E-state index contributed by atoms with van der Waals surface area (Å²) in [6, 6.07) is 17.3. The molecule has 7 heteroatoms. The van der Waals surface area contributed by atoms with Gasteiger partial charge in [-0.25, -0.2) is 9.78 Å². The average molecular weight is 382 g/mol. The molecule has 0 aliphatic rings. The molecule has 2 aromatic carbocycles. The fourth-order valence-corrected chi connectivity index (χ4v) is 2.93. The van der Waals surface area contributed by atoms with Crippen LogP contribution in [-0.4, -0.2) is 20.0 Å². The molecular formula is C17H12BrN5O. The molecule has 2 aromatic heterocycles. The van der Waals surface area contributed by atoms with E-state index in [1.807, 2.05) is 54.6 Å². The fraction of sp³-hybridized carbons (Fsp3) is 0. The molecule has 2 heterocycles. The van der Waals surface area contributed by atoms with E-state index < -0.39 is 0 Å². The van der Waals surface area contributed by atoms with E-state index in [1.54, 1.807) is 4.68 Å². The Morgan fingerprint density at radius 1 is 1.04 bits per heavy atom. The molecule has 0 aliphatic carbocycles. The molecule has 0 saturated heterocycles. The third-order valence-corrected chi connectivity index (χ3v) is 4.28. The molecule has 0 unspecified atom stereocenters. The molecule has 0 saturated carbocycles. The minimum Gasteiger partial charge on any atom is -0.380 e. The van der Waals surface area contributed by atoms with Gasteiger partial charge >= 0.3 is 0 Å². The lowest BCUT2D eigenvalue weighted by atomic mass is 10.1. The van der Waals surface area contributed by atoms with Crippen LogP contribution >= 0.6 is 15.9 Å². The summed E-state index contributed by atoms with van der Waals surface area (Å²) in [5.74, 6) is 0.192. The van der Waals surface area contributed by atoms with Crippen molar-refractivity contribution in [1.29, 1.82) is 0 Å². The zero-order chi connectivity index (χ0) is 16.7. The van der Waals surface area contributed by atoms with Crippen LogP contribution in [0, 0.1) is 0 Å². The van der Waals surface area contributed by atoms with Crippen molar-refractivity contribution in [3.8, 4) is 16.9 Å². The number of hydrogen-bond acceptors (Lipinski definition) is 4. The monoisotopic (exact) mass is 381 g/mol. The van der Waals surface area contributed by atoms with Gasteiger partial charge in [0.1, 0.15) is 5.52 Å². The Bertz CT molecular complexity index is 1080. The Hall–Kier alpha value is -2.93. The van der Waals surface area contributed by atoms with Crippen molar-refractivity contribution in [3.05, 3.63) is 69.4 Å². The third-order valence-electron chi connectivity index (χ3n) is 3.75. The molecule has 4 rings (SSSR count). The molecule has 0 spiro atoms. The maximum absolute atomic E-state index is 12.4. The van der Waals surface area contributed by atoms with Crippen molar-refractivity contribution in [2.45, 2.75) is 0 Å². The molecule has 0 atom stereocenters. The summed E-state index contributed by atoms with van der Waals surface area (Å²) < 4.78 is 2.68. The lowest BCUT2D eigenvalue weighted by Gasteiger charge is -2.08. The normalized spacial score (nSPS) is 11.0. The van der Waals surface area contributed by atoms with Crippen molar-refractivity contribution >= 4 is 32.7 Å². The number of rotatable bonds is 2. The van der Waals surface area contributed by atoms with Crippen molar-refractivity contribution in [1.82, 2.24) is 20.0 Å². The van der Waals surface area contributed by atoms with Gasteiger partial charge in [-0.2, -0.15) is 10.2 Å². The van der Waals surface area contributed by atoms with E-state index in [0.717, 1.165) is 15.7 Å². The molecule has 0 radical (unpaired) electrons. The average Bonchev–Trinajstić information content (AvgIpc) is 3.01. The van der Waals surface area contributed by atoms with Gasteiger partial charge in [-0.15, -0.1) is 0 Å². The first kappa shape index (κ1) is 14.6. The lowest BCUT2D eigenvalue weighted by molar-refractivity contribution is 0.903. The SMILES string of the molecule is Nc1n[nH]c(=O)c2c(-c3ccc(Br)cc3)n(-c3ccccc3)nc12. The number of halogens is 1. The number of aromatic amines is 1. The van der Waals surface area contributed by atoms with Gasteiger partial charge in [-0.3, -0.25) is 4.79 Å². The second-order valence-electron chi connectivity index (χ2n) is 5.26. The van der Waals surface area contributed by atoms with E-state index >= 15 is 0 Å². The van der Waals surface area contributed by atoms with E-state index in [0.29, 0.717) is 16.6 Å². The van der Waals surface area contributed by atoms with Crippen molar-refractivity contribution in [3.63, 3.8) is 0 Å². The standard InChI is InChI=1S/C17H12BrN5O/c18-11-8-6-10(7-9-11)15-13-14(16(19)20-21-17(13)24)22-23(15)12-4-2-1-3-5-12/h1-9H,(H2,19,20)(H,21,24). The van der Waals surface area contributed by atoms with Gasteiger partial charge in [0.2, 0.25) is 0 Å². The molecule has 0 fully saturated rings. The van der Waals surface area contributed by atoms with Crippen LogP contribution < -0.4 is 11.3 Å². The lowest BCUT2D eigenvalue weighted by Crippen LogP contribution is -2.10. The van der Waals surface area contributed by atoms with Crippen LogP contribution in [0.25, 0.3) is 27.8 Å². The van der Waals surface area contributed by atoms with E-state index in [2.05, 4.69) is 31.2 Å². The van der Waals surface area contributed by atoms with Crippen molar-refractivity contribution in [2.75, 3.05) is 5.73 Å². The first-order chi connectivity index (χ1) is 11.6.